The van der Waals surface area contributed by atoms with E-state index in [4.69, 9.17) is 45.7 Å². The molecule has 0 aromatic carbocycles. The molecule has 108 valence electrons. The van der Waals surface area contributed by atoms with Crippen LogP contribution in [0.15, 0.2) is 4.99 Å². The molecule has 0 aliphatic heterocycles. The molecule has 0 aliphatic rings. The summed E-state index contributed by atoms with van der Waals surface area (Å²) in [6.07, 6.45) is 1.41. The van der Waals surface area contributed by atoms with E-state index in [0.717, 1.165) is 13.1 Å². The van der Waals surface area contributed by atoms with E-state index in [9.17, 15) is 0 Å². The molecule has 0 rings (SSSR count). The molecule has 0 spiro atoms. The van der Waals surface area contributed by atoms with E-state index in [0.29, 0.717) is 13.1 Å². The molecule has 0 aromatic heterocycles. The Hall–Kier alpha value is -1.49. The first kappa shape index (κ1) is 21.8. The van der Waals surface area contributed by atoms with E-state index in [1.54, 1.807) is 0 Å². The molecule has 0 radical (unpaired) electrons. The highest BCUT2D eigenvalue weighted by Gasteiger charge is 1.84. The van der Waals surface area contributed by atoms with Crippen molar-refractivity contribution in [1.82, 2.24) is 5.32 Å². The average Bonchev–Trinajstić information content (AvgIpc) is 2.16. The number of nitrogens with two attached hydrogens (primary N) is 4. The maximum Gasteiger partial charge on any atom is 0.394 e. The van der Waals surface area contributed by atoms with E-state index in [1.807, 2.05) is 0 Å². The molecular formula is C6H19N7O4S. The summed E-state index contributed by atoms with van der Waals surface area (Å²) in [7, 11) is -4.67. The van der Waals surface area contributed by atoms with Gasteiger partial charge >= 0.3 is 10.4 Å². The molecule has 11 N–H and O–H groups in total. The van der Waals surface area contributed by atoms with Crippen molar-refractivity contribution in [3.05, 3.63) is 0 Å². The summed E-state index contributed by atoms with van der Waals surface area (Å²) in [5, 5.41) is 10.7. The van der Waals surface area contributed by atoms with Crippen LogP contribution in [0.5, 0.6) is 0 Å². The predicted octanol–water partition coefficient (Wildman–Crippen LogP) is -3.42. The van der Waals surface area contributed by atoms with Gasteiger partial charge in [-0.15, -0.1) is 4.99 Å². The molecule has 0 unspecified atom stereocenters. The van der Waals surface area contributed by atoms with Crippen LogP contribution in [0.1, 0.15) is 0 Å². The first-order chi connectivity index (χ1) is 8.18. The number of nitriles is 1. The van der Waals surface area contributed by atoms with Gasteiger partial charge in [-0.1, -0.05) is 0 Å². The highest BCUT2D eigenvalue weighted by Crippen LogP contribution is 1.59. The Kier molecular flexibility index (Phi) is 18.7. The molecule has 0 saturated heterocycles. The van der Waals surface area contributed by atoms with Gasteiger partial charge in [0.15, 0.2) is 0 Å². The zero-order valence-electron chi connectivity index (χ0n) is 9.65. The summed E-state index contributed by atoms with van der Waals surface area (Å²) in [6, 6.07) is 0. The molecular weight excluding hydrogens is 266 g/mol. The molecule has 0 aromatic rings. The molecule has 0 fully saturated rings. The van der Waals surface area contributed by atoms with E-state index >= 15 is 0 Å². The summed E-state index contributed by atoms with van der Waals surface area (Å²) in [5.41, 5.74) is 19.7. The lowest BCUT2D eigenvalue weighted by Crippen LogP contribution is -2.27. The third-order valence-corrected chi connectivity index (χ3v) is 0.821. The summed E-state index contributed by atoms with van der Waals surface area (Å²) in [4.78, 5) is 2.90. The zero-order chi connectivity index (χ0) is 15.0. The van der Waals surface area contributed by atoms with Gasteiger partial charge < -0.3 is 28.3 Å². The van der Waals surface area contributed by atoms with Crippen LogP contribution in [-0.2, 0) is 10.4 Å². The number of rotatable bonds is 4. The monoisotopic (exact) mass is 285 g/mol. The lowest BCUT2D eigenvalue weighted by Gasteiger charge is -1.95. The van der Waals surface area contributed by atoms with Gasteiger partial charge in [0.05, 0.1) is 0 Å². The van der Waals surface area contributed by atoms with Crippen LogP contribution in [0.2, 0.25) is 0 Å². The third kappa shape index (κ3) is 87.2. The number of guanidine groups is 1. The van der Waals surface area contributed by atoms with Gasteiger partial charge in [0.2, 0.25) is 12.2 Å². The number of hydrogen-bond donors (Lipinski definition) is 7. The first-order valence-corrected chi connectivity index (χ1v) is 5.87. The van der Waals surface area contributed by atoms with Crippen molar-refractivity contribution in [2.75, 3.05) is 26.2 Å². The molecule has 0 atom stereocenters. The lowest BCUT2D eigenvalue weighted by atomic mass is 10.6. The van der Waals surface area contributed by atoms with E-state index in [1.165, 1.54) is 6.19 Å². The third-order valence-electron chi connectivity index (χ3n) is 0.821. The Morgan fingerprint density at radius 1 is 1.22 bits per heavy atom. The molecule has 0 aliphatic carbocycles. The fraction of sp³-hybridized carbons (Fsp3) is 0.667. The zero-order valence-corrected chi connectivity index (χ0v) is 10.5. The maximum atomic E-state index is 8.74. The van der Waals surface area contributed by atoms with Crippen molar-refractivity contribution in [3.8, 4) is 6.19 Å². The summed E-state index contributed by atoms with van der Waals surface area (Å²) in [6.45, 7) is 3.13. The minimum Gasteiger partial charge on any atom is -0.369 e. The Labute approximate surface area is 105 Å². The second-order valence-electron chi connectivity index (χ2n) is 2.41. The second-order valence-corrected chi connectivity index (χ2v) is 3.31. The van der Waals surface area contributed by atoms with Gasteiger partial charge in [-0.3, -0.25) is 9.11 Å². The van der Waals surface area contributed by atoms with Crippen molar-refractivity contribution in [2.24, 2.45) is 27.9 Å². The van der Waals surface area contributed by atoms with Crippen LogP contribution < -0.4 is 28.3 Å². The van der Waals surface area contributed by atoms with Crippen LogP contribution in [0.25, 0.3) is 0 Å². The molecule has 12 heteroatoms. The van der Waals surface area contributed by atoms with Crippen LogP contribution >= 0.6 is 0 Å². The van der Waals surface area contributed by atoms with Crippen molar-refractivity contribution >= 4 is 16.4 Å². The first-order valence-electron chi connectivity index (χ1n) is 4.47. The van der Waals surface area contributed by atoms with Gasteiger partial charge in [0, 0.05) is 26.2 Å². The second kappa shape index (κ2) is 15.5. The summed E-state index contributed by atoms with van der Waals surface area (Å²) >= 11 is 0. The van der Waals surface area contributed by atoms with E-state index < -0.39 is 10.4 Å². The number of nitrogens with one attached hydrogen (secondary N) is 1. The topological polar surface area (TPSA) is 227 Å². The Balaban J connectivity index is -0.000000190. The number of hydrogen-bond acceptors (Lipinski definition) is 7. The lowest BCUT2D eigenvalue weighted by molar-refractivity contribution is 0.381. The predicted molar refractivity (Wildman–Crippen MR) is 66.6 cm³/mol. The SMILES string of the molecule is N#CN=C(N)N.NCCNCCN.O=S(=O)(O)O. The summed E-state index contributed by atoms with van der Waals surface area (Å²) in [5.74, 6) is -0.197. The highest BCUT2D eigenvalue weighted by molar-refractivity contribution is 7.79. The normalized spacial score (nSPS) is 8.83. The van der Waals surface area contributed by atoms with E-state index in [-0.39, 0.29) is 5.96 Å². The molecule has 18 heavy (non-hydrogen) atoms. The van der Waals surface area contributed by atoms with Crippen molar-refractivity contribution in [1.29, 1.82) is 5.26 Å². The molecule has 0 bridgehead atoms. The minimum absolute atomic E-state index is 0.197. The fourth-order valence-electron chi connectivity index (χ4n) is 0.387. The van der Waals surface area contributed by atoms with Gasteiger partial charge in [0.25, 0.3) is 0 Å². The van der Waals surface area contributed by atoms with Gasteiger partial charge in [-0.05, 0) is 0 Å². The quantitative estimate of drug-likeness (QED) is 0.0888. The molecule has 0 amide bonds. The fourth-order valence-corrected chi connectivity index (χ4v) is 0.387. The Bertz CT molecular complexity index is 320. The molecule has 0 saturated carbocycles. The van der Waals surface area contributed by atoms with Crippen molar-refractivity contribution in [3.63, 3.8) is 0 Å². The number of nitrogens with zero attached hydrogens (tertiary/aromatic N) is 2. The summed E-state index contributed by atoms with van der Waals surface area (Å²) < 4.78 is 31.6. The maximum absolute atomic E-state index is 8.74. The Morgan fingerprint density at radius 3 is 1.67 bits per heavy atom. The van der Waals surface area contributed by atoms with Crippen molar-refractivity contribution in [2.45, 2.75) is 0 Å². The smallest absolute Gasteiger partial charge is 0.369 e. The van der Waals surface area contributed by atoms with Gasteiger partial charge in [-0.25, -0.2) is 0 Å². The largest absolute Gasteiger partial charge is 0.394 e. The number of aliphatic imine (C=N–C) groups is 1. The van der Waals surface area contributed by atoms with Crippen molar-refractivity contribution < 1.29 is 17.5 Å². The molecule has 11 nitrogen and oxygen atoms in total. The van der Waals surface area contributed by atoms with Gasteiger partial charge in [-0.2, -0.15) is 13.7 Å². The van der Waals surface area contributed by atoms with Crippen LogP contribution in [0.4, 0.5) is 0 Å². The van der Waals surface area contributed by atoms with Crippen LogP contribution in [0.3, 0.4) is 0 Å². The molecule has 0 heterocycles. The van der Waals surface area contributed by atoms with Crippen LogP contribution in [-0.4, -0.2) is 49.7 Å². The minimum atomic E-state index is -4.67. The van der Waals surface area contributed by atoms with E-state index in [2.05, 4.69) is 10.3 Å². The van der Waals surface area contributed by atoms with Gasteiger partial charge in [0.1, 0.15) is 0 Å². The Morgan fingerprint density at radius 2 is 1.56 bits per heavy atom. The average molecular weight is 285 g/mol. The van der Waals surface area contributed by atoms with Crippen LogP contribution in [0, 0.1) is 11.5 Å². The highest BCUT2D eigenvalue weighted by atomic mass is 32.3. The standard InChI is InChI=1S/C4H13N3.C2H4N4.H2O4S/c5-1-3-7-4-2-6;3-1-6-2(4)5;1-5(2,3)4/h7H,1-6H2;(H4,4,5,6);(H2,1,2,3,4).